The van der Waals surface area contributed by atoms with Crippen LogP contribution in [0.2, 0.25) is 0 Å². The van der Waals surface area contributed by atoms with E-state index < -0.39 is 17.9 Å². The fraction of sp³-hybridized carbons (Fsp3) is 0.375. The van der Waals surface area contributed by atoms with Gasteiger partial charge in [0.15, 0.2) is 5.78 Å². The van der Waals surface area contributed by atoms with E-state index in [9.17, 15) is 14.4 Å². The van der Waals surface area contributed by atoms with Gasteiger partial charge in [-0.3, -0.25) is 4.79 Å². The highest BCUT2D eigenvalue weighted by Gasteiger charge is 2.43. The molecule has 0 amide bonds. The molecule has 1 N–H and O–H groups in total. The molecule has 6 nitrogen and oxygen atoms in total. The predicted molar refractivity (Wildman–Crippen MR) is 113 cm³/mol. The smallest absolute Gasteiger partial charge is 0.337 e. The van der Waals surface area contributed by atoms with Crippen LogP contribution in [-0.4, -0.2) is 31.4 Å². The Morgan fingerprint density at radius 1 is 1.20 bits per heavy atom. The van der Waals surface area contributed by atoms with Gasteiger partial charge in [-0.05, 0) is 36.5 Å². The Labute approximate surface area is 176 Å². The number of ketones is 1. The van der Waals surface area contributed by atoms with Gasteiger partial charge in [0.05, 0.1) is 18.2 Å². The number of allylic oxidation sites excluding steroid dienone is 3. The number of methoxy groups -OCH3 is 1. The minimum Gasteiger partial charge on any atom is -0.465 e. The van der Waals surface area contributed by atoms with Gasteiger partial charge in [0.25, 0.3) is 0 Å². The summed E-state index contributed by atoms with van der Waals surface area (Å²) in [4.78, 5) is 37.9. The molecule has 1 heterocycles. The van der Waals surface area contributed by atoms with Crippen LogP contribution in [-0.2, 0) is 19.1 Å². The Morgan fingerprint density at radius 2 is 1.87 bits per heavy atom. The second-order valence-electron chi connectivity index (χ2n) is 8.43. The zero-order valence-corrected chi connectivity index (χ0v) is 17.8. The van der Waals surface area contributed by atoms with Crippen molar-refractivity contribution in [2.45, 2.75) is 39.5 Å². The summed E-state index contributed by atoms with van der Waals surface area (Å²) in [5, 5.41) is 3.29. The zero-order valence-electron chi connectivity index (χ0n) is 17.8. The summed E-state index contributed by atoms with van der Waals surface area (Å²) in [6.07, 6.45) is 2.61. The predicted octanol–water partition coefficient (Wildman–Crippen LogP) is 3.81. The number of benzene rings is 1. The maximum atomic E-state index is 13.2. The molecule has 2 aliphatic rings. The molecule has 0 bridgehead atoms. The first-order valence-corrected chi connectivity index (χ1v) is 9.89. The quantitative estimate of drug-likeness (QED) is 0.588. The monoisotopic (exact) mass is 409 g/mol. The molecule has 0 radical (unpaired) electrons. The number of hydrogen-bond donors (Lipinski definition) is 1. The van der Waals surface area contributed by atoms with E-state index in [1.807, 2.05) is 6.92 Å². The van der Waals surface area contributed by atoms with E-state index in [-0.39, 0.29) is 17.8 Å². The number of esters is 2. The van der Waals surface area contributed by atoms with Crippen LogP contribution in [0.4, 0.5) is 0 Å². The van der Waals surface area contributed by atoms with Crippen LogP contribution in [0, 0.1) is 5.41 Å². The average molecular weight is 409 g/mol. The molecular weight excluding hydrogens is 382 g/mol. The summed E-state index contributed by atoms with van der Waals surface area (Å²) in [6.45, 7) is 9.60. The highest BCUT2D eigenvalue weighted by Crippen LogP contribution is 2.46. The first kappa shape index (κ1) is 21.6. The Morgan fingerprint density at radius 3 is 2.47 bits per heavy atom. The number of dihydropyridines is 1. The first-order valence-electron chi connectivity index (χ1n) is 9.89. The van der Waals surface area contributed by atoms with Crippen molar-refractivity contribution in [3.05, 3.63) is 70.6 Å². The third-order valence-electron chi connectivity index (χ3n) is 5.46. The van der Waals surface area contributed by atoms with Crippen LogP contribution < -0.4 is 5.32 Å². The lowest BCUT2D eigenvalue weighted by Gasteiger charge is -2.39. The van der Waals surface area contributed by atoms with Gasteiger partial charge >= 0.3 is 11.9 Å². The van der Waals surface area contributed by atoms with E-state index >= 15 is 0 Å². The Hall–Kier alpha value is -3.15. The summed E-state index contributed by atoms with van der Waals surface area (Å²) < 4.78 is 10.1. The number of hydrogen-bond acceptors (Lipinski definition) is 6. The second kappa shape index (κ2) is 8.30. The van der Waals surface area contributed by atoms with Crippen LogP contribution in [0.1, 0.15) is 55.5 Å². The van der Waals surface area contributed by atoms with E-state index in [0.717, 1.165) is 11.3 Å². The van der Waals surface area contributed by atoms with Crippen molar-refractivity contribution in [3.63, 3.8) is 0 Å². The molecule has 0 saturated carbocycles. The summed E-state index contributed by atoms with van der Waals surface area (Å²) in [5.74, 6) is -1.49. The van der Waals surface area contributed by atoms with Gasteiger partial charge in [-0.2, -0.15) is 0 Å². The molecule has 1 aliphatic carbocycles. The lowest BCUT2D eigenvalue weighted by molar-refractivity contribution is -0.138. The van der Waals surface area contributed by atoms with Crippen LogP contribution in [0.15, 0.2) is 59.5 Å². The molecule has 1 atom stereocenters. The number of nitrogens with one attached hydrogen (secondary N) is 1. The standard InChI is InChI=1S/C24H27NO5/c1-6-11-30-23(28)19-14(2)25-17-12-24(3,4)13-18(26)21(17)20(19)15-7-9-16(10-8-15)22(27)29-5/h6-10,20,25H,1,11-13H2,2-5H3. The zero-order chi connectivity index (χ0) is 22.1. The van der Waals surface area contributed by atoms with Crippen LogP contribution in [0.5, 0.6) is 0 Å². The Bertz CT molecular complexity index is 966. The number of ether oxygens (including phenoxy) is 2. The van der Waals surface area contributed by atoms with Crippen molar-refractivity contribution >= 4 is 17.7 Å². The van der Waals surface area contributed by atoms with Gasteiger partial charge in [0, 0.05) is 29.3 Å². The fourth-order valence-corrected chi connectivity index (χ4v) is 4.18. The molecule has 1 aromatic rings. The lowest BCUT2D eigenvalue weighted by Crippen LogP contribution is -2.38. The van der Waals surface area contributed by atoms with E-state index in [0.29, 0.717) is 35.2 Å². The largest absolute Gasteiger partial charge is 0.465 e. The first-order chi connectivity index (χ1) is 14.2. The molecule has 0 spiro atoms. The van der Waals surface area contributed by atoms with Gasteiger partial charge in [0.1, 0.15) is 6.61 Å². The van der Waals surface area contributed by atoms with Crippen molar-refractivity contribution in [2.75, 3.05) is 13.7 Å². The topological polar surface area (TPSA) is 81.7 Å². The molecule has 0 fully saturated rings. The number of rotatable bonds is 5. The second-order valence-corrected chi connectivity index (χ2v) is 8.43. The van der Waals surface area contributed by atoms with Crippen molar-refractivity contribution in [1.29, 1.82) is 0 Å². The van der Waals surface area contributed by atoms with E-state index in [4.69, 9.17) is 9.47 Å². The molecule has 0 saturated heterocycles. The summed E-state index contributed by atoms with van der Waals surface area (Å²) in [7, 11) is 1.32. The molecule has 158 valence electrons. The molecule has 3 rings (SSSR count). The van der Waals surface area contributed by atoms with Crippen molar-refractivity contribution in [1.82, 2.24) is 5.32 Å². The third kappa shape index (κ3) is 4.08. The van der Waals surface area contributed by atoms with Crippen molar-refractivity contribution in [3.8, 4) is 0 Å². The Kier molecular flexibility index (Phi) is 5.97. The molecule has 1 unspecified atom stereocenters. The SMILES string of the molecule is C=CCOC(=O)C1=C(C)NC2=C(C(=O)CC(C)(C)C2)C1c1ccc(C(=O)OC)cc1. The van der Waals surface area contributed by atoms with Crippen molar-refractivity contribution < 1.29 is 23.9 Å². The Balaban J connectivity index is 2.12. The molecule has 1 aliphatic heterocycles. The van der Waals surface area contributed by atoms with Gasteiger partial charge in [-0.1, -0.05) is 38.6 Å². The summed E-state index contributed by atoms with van der Waals surface area (Å²) >= 11 is 0. The van der Waals surface area contributed by atoms with E-state index in [2.05, 4.69) is 25.7 Å². The molecule has 6 heteroatoms. The van der Waals surface area contributed by atoms with Crippen LogP contribution in [0.3, 0.4) is 0 Å². The normalized spacial score (nSPS) is 20.3. The molecule has 30 heavy (non-hydrogen) atoms. The van der Waals surface area contributed by atoms with Crippen LogP contribution in [0.25, 0.3) is 0 Å². The maximum absolute atomic E-state index is 13.2. The van der Waals surface area contributed by atoms with E-state index in [1.54, 1.807) is 24.3 Å². The lowest BCUT2D eigenvalue weighted by atomic mass is 9.68. The third-order valence-corrected chi connectivity index (χ3v) is 5.46. The minimum absolute atomic E-state index is 0.0114. The van der Waals surface area contributed by atoms with Gasteiger partial charge in [0.2, 0.25) is 0 Å². The van der Waals surface area contributed by atoms with E-state index in [1.165, 1.54) is 13.2 Å². The molecule has 0 aromatic heterocycles. The van der Waals surface area contributed by atoms with Crippen LogP contribution >= 0.6 is 0 Å². The number of carbonyl (C=O) groups is 3. The number of Topliss-reactive ketones (excluding diaryl/α,β-unsaturated/α-hetero) is 1. The van der Waals surface area contributed by atoms with Gasteiger partial charge in [-0.15, -0.1) is 0 Å². The van der Waals surface area contributed by atoms with Gasteiger partial charge in [-0.25, -0.2) is 9.59 Å². The average Bonchev–Trinajstić information content (AvgIpc) is 2.69. The summed E-state index contributed by atoms with van der Waals surface area (Å²) in [6, 6.07) is 6.80. The molecular formula is C24H27NO5. The highest BCUT2D eigenvalue weighted by atomic mass is 16.5. The fourth-order valence-electron chi connectivity index (χ4n) is 4.18. The maximum Gasteiger partial charge on any atom is 0.337 e. The highest BCUT2D eigenvalue weighted by molar-refractivity contribution is 6.04. The van der Waals surface area contributed by atoms with Gasteiger partial charge < -0.3 is 14.8 Å². The van der Waals surface area contributed by atoms with Crippen molar-refractivity contribution in [2.24, 2.45) is 5.41 Å². The minimum atomic E-state index is -0.561. The molecule has 1 aromatic carbocycles. The summed E-state index contributed by atoms with van der Waals surface area (Å²) in [5.41, 5.74) is 3.48. The number of carbonyl (C=O) groups excluding carboxylic acids is 3.